The predicted molar refractivity (Wildman–Crippen MR) is 88.2 cm³/mol. The van der Waals surface area contributed by atoms with Gasteiger partial charge in [0.2, 0.25) is 5.91 Å². The SMILES string of the molecule is Cc1cc(C(F)(F)F)n(CC(=O)Nc2cnn(Cc3c(F)cc(F)c(F)c3F)c2)n1. The zero-order chi connectivity index (χ0) is 22.2. The molecule has 0 aliphatic rings. The molecule has 30 heavy (non-hydrogen) atoms. The number of aryl methyl sites for hydroxylation is 1. The minimum absolute atomic E-state index is 0.000775. The first-order valence-corrected chi connectivity index (χ1v) is 8.21. The van der Waals surface area contributed by atoms with E-state index in [-0.39, 0.29) is 17.4 Å². The molecule has 0 aliphatic carbocycles. The first-order valence-electron chi connectivity index (χ1n) is 8.21. The summed E-state index contributed by atoms with van der Waals surface area (Å²) in [6.45, 7) is -0.0359. The molecule has 0 fully saturated rings. The third-order valence-corrected chi connectivity index (χ3v) is 3.93. The van der Waals surface area contributed by atoms with Crippen LogP contribution in [0.3, 0.4) is 0 Å². The molecule has 0 radical (unpaired) electrons. The van der Waals surface area contributed by atoms with Crippen LogP contribution in [0, 0.1) is 30.2 Å². The molecule has 3 aromatic rings. The van der Waals surface area contributed by atoms with Crippen molar-refractivity contribution in [3.8, 4) is 0 Å². The Hall–Kier alpha value is -3.38. The van der Waals surface area contributed by atoms with Crippen LogP contribution < -0.4 is 5.32 Å². The maximum absolute atomic E-state index is 13.7. The van der Waals surface area contributed by atoms with Crippen LogP contribution in [-0.4, -0.2) is 25.5 Å². The average molecular weight is 435 g/mol. The summed E-state index contributed by atoms with van der Waals surface area (Å²) in [6.07, 6.45) is -2.53. The lowest BCUT2D eigenvalue weighted by molar-refractivity contribution is -0.144. The first-order chi connectivity index (χ1) is 14.0. The molecule has 160 valence electrons. The van der Waals surface area contributed by atoms with E-state index in [1.54, 1.807) is 0 Å². The van der Waals surface area contributed by atoms with Gasteiger partial charge in [-0.1, -0.05) is 0 Å². The molecule has 1 N–H and O–H groups in total. The molecule has 2 heterocycles. The second-order valence-electron chi connectivity index (χ2n) is 6.25. The van der Waals surface area contributed by atoms with Gasteiger partial charge in [0.1, 0.15) is 18.1 Å². The number of nitrogens with zero attached hydrogens (tertiary/aromatic N) is 4. The summed E-state index contributed by atoms with van der Waals surface area (Å²) in [6, 6.07) is 0.973. The summed E-state index contributed by atoms with van der Waals surface area (Å²) in [5.74, 6) is -7.45. The molecule has 0 atom stereocenters. The molecule has 6 nitrogen and oxygen atoms in total. The highest BCUT2D eigenvalue weighted by atomic mass is 19.4. The Morgan fingerprint density at radius 3 is 2.47 bits per heavy atom. The number of anilines is 1. The lowest BCUT2D eigenvalue weighted by atomic mass is 10.2. The van der Waals surface area contributed by atoms with Gasteiger partial charge in [-0.2, -0.15) is 23.4 Å². The third kappa shape index (κ3) is 4.44. The number of hydrogen-bond donors (Lipinski definition) is 1. The lowest BCUT2D eigenvalue weighted by Gasteiger charge is -2.10. The van der Waals surface area contributed by atoms with E-state index in [0.29, 0.717) is 4.68 Å². The lowest BCUT2D eigenvalue weighted by Crippen LogP contribution is -2.23. The zero-order valence-corrected chi connectivity index (χ0v) is 15.1. The van der Waals surface area contributed by atoms with Gasteiger partial charge in [0.15, 0.2) is 17.5 Å². The Morgan fingerprint density at radius 2 is 1.80 bits per heavy atom. The van der Waals surface area contributed by atoms with Crippen molar-refractivity contribution >= 4 is 11.6 Å². The second-order valence-corrected chi connectivity index (χ2v) is 6.25. The number of benzene rings is 1. The van der Waals surface area contributed by atoms with E-state index in [0.717, 1.165) is 23.1 Å². The van der Waals surface area contributed by atoms with Crippen molar-refractivity contribution in [3.63, 3.8) is 0 Å². The summed E-state index contributed by atoms with van der Waals surface area (Å²) in [5.41, 5.74) is -1.83. The molecule has 13 heteroatoms. The number of alkyl halides is 3. The molecule has 3 rings (SSSR count). The predicted octanol–water partition coefficient (Wildman–Crippen LogP) is 3.65. The molecule has 0 spiro atoms. The van der Waals surface area contributed by atoms with Gasteiger partial charge in [-0.25, -0.2) is 17.6 Å². The first kappa shape index (κ1) is 21.3. The van der Waals surface area contributed by atoms with E-state index in [1.165, 1.54) is 6.92 Å². The molecule has 0 saturated heterocycles. The van der Waals surface area contributed by atoms with Crippen molar-refractivity contribution < 1.29 is 35.5 Å². The largest absolute Gasteiger partial charge is 0.433 e. The topological polar surface area (TPSA) is 64.7 Å². The highest BCUT2D eigenvalue weighted by molar-refractivity contribution is 5.90. The monoisotopic (exact) mass is 435 g/mol. The van der Waals surface area contributed by atoms with Gasteiger partial charge >= 0.3 is 6.18 Å². The molecular formula is C17H12F7N5O. The fourth-order valence-corrected chi connectivity index (χ4v) is 2.66. The Bertz CT molecular complexity index is 1100. The third-order valence-electron chi connectivity index (χ3n) is 3.93. The van der Waals surface area contributed by atoms with Crippen LogP contribution in [-0.2, 0) is 24.1 Å². The van der Waals surface area contributed by atoms with Crippen LogP contribution >= 0.6 is 0 Å². The highest BCUT2D eigenvalue weighted by Crippen LogP contribution is 2.29. The van der Waals surface area contributed by atoms with Gasteiger partial charge < -0.3 is 5.32 Å². The fraction of sp³-hybridized carbons (Fsp3) is 0.235. The van der Waals surface area contributed by atoms with Crippen molar-refractivity contribution in [1.82, 2.24) is 19.6 Å². The van der Waals surface area contributed by atoms with Crippen molar-refractivity contribution in [1.29, 1.82) is 0 Å². The maximum Gasteiger partial charge on any atom is 0.433 e. The van der Waals surface area contributed by atoms with E-state index in [9.17, 15) is 35.5 Å². The van der Waals surface area contributed by atoms with Crippen LogP contribution in [0.1, 0.15) is 17.0 Å². The van der Waals surface area contributed by atoms with Gasteiger partial charge in [-0.05, 0) is 13.0 Å². The summed E-state index contributed by atoms with van der Waals surface area (Å²) >= 11 is 0. The number of amides is 1. The number of carbonyl (C=O) groups is 1. The van der Waals surface area contributed by atoms with E-state index in [2.05, 4.69) is 15.5 Å². The standard InChI is InChI=1S/C17H12F7N5O/c1-8-2-13(17(22,23)24)29(27-8)7-14(30)26-9-4-25-28(5-9)6-10-11(18)3-12(19)16(21)15(10)20/h2-5H,6-7H2,1H3,(H,26,30). The average Bonchev–Trinajstić information content (AvgIpc) is 3.22. The van der Waals surface area contributed by atoms with Crippen molar-refractivity contribution in [3.05, 3.63) is 64.7 Å². The maximum atomic E-state index is 13.7. The van der Waals surface area contributed by atoms with E-state index < -0.39 is 59.7 Å². The summed E-state index contributed by atoms with van der Waals surface area (Å²) in [4.78, 5) is 12.0. The summed E-state index contributed by atoms with van der Waals surface area (Å²) in [5, 5.41) is 9.60. The number of aromatic nitrogens is 4. The van der Waals surface area contributed by atoms with Gasteiger partial charge in [-0.15, -0.1) is 0 Å². The number of hydrogen-bond acceptors (Lipinski definition) is 3. The fourth-order valence-electron chi connectivity index (χ4n) is 2.66. The van der Waals surface area contributed by atoms with Crippen molar-refractivity contribution in [2.75, 3.05) is 5.32 Å². The van der Waals surface area contributed by atoms with E-state index in [1.807, 2.05) is 0 Å². The molecular weight excluding hydrogens is 423 g/mol. The Labute approximate surface area is 163 Å². The normalized spacial score (nSPS) is 11.7. The van der Waals surface area contributed by atoms with Crippen LogP contribution in [0.4, 0.5) is 36.4 Å². The second kappa shape index (κ2) is 7.80. The van der Waals surface area contributed by atoms with E-state index in [4.69, 9.17) is 0 Å². The molecule has 1 amide bonds. The van der Waals surface area contributed by atoms with Crippen LogP contribution in [0.5, 0.6) is 0 Å². The summed E-state index contributed by atoms with van der Waals surface area (Å²) < 4.78 is 94.0. The minimum Gasteiger partial charge on any atom is -0.322 e. The van der Waals surface area contributed by atoms with Gasteiger partial charge in [0.05, 0.1) is 24.1 Å². The highest BCUT2D eigenvalue weighted by Gasteiger charge is 2.35. The quantitative estimate of drug-likeness (QED) is 0.378. The molecule has 0 unspecified atom stereocenters. The van der Waals surface area contributed by atoms with Crippen LogP contribution in [0.15, 0.2) is 24.5 Å². The molecule has 2 aromatic heterocycles. The van der Waals surface area contributed by atoms with E-state index >= 15 is 0 Å². The van der Waals surface area contributed by atoms with Crippen LogP contribution in [0.2, 0.25) is 0 Å². The molecule has 0 aliphatic heterocycles. The van der Waals surface area contributed by atoms with Crippen molar-refractivity contribution in [2.24, 2.45) is 0 Å². The van der Waals surface area contributed by atoms with Crippen LogP contribution in [0.25, 0.3) is 0 Å². The molecule has 0 saturated carbocycles. The Kier molecular flexibility index (Phi) is 5.55. The minimum atomic E-state index is -4.70. The smallest absolute Gasteiger partial charge is 0.322 e. The zero-order valence-electron chi connectivity index (χ0n) is 15.1. The molecule has 1 aromatic carbocycles. The summed E-state index contributed by atoms with van der Waals surface area (Å²) in [7, 11) is 0. The number of carbonyl (C=O) groups excluding carboxylic acids is 1. The number of rotatable bonds is 5. The number of halogens is 7. The van der Waals surface area contributed by atoms with Gasteiger partial charge in [0, 0.05) is 17.8 Å². The van der Waals surface area contributed by atoms with Gasteiger partial charge in [0.25, 0.3) is 0 Å². The Balaban J connectivity index is 1.71. The van der Waals surface area contributed by atoms with Crippen molar-refractivity contribution in [2.45, 2.75) is 26.2 Å². The van der Waals surface area contributed by atoms with Gasteiger partial charge in [-0.3, -0.25) is 14.2 Å². The molecule has 0 bridgehead atoms. The Morgan fingerprint density at radius 1 is 1.10 bits per heavy atom. The number of nitrogens with one attached hydrogen (secondary N) is 1.